The van der Waals surface area contributed by atoms with Crippen molar-refractivity contribution in [2.45, 2.75) is 32.1 Å². The lowest BCUT2D eigenvalue weighted by Gasteiger charge is -2.30. The van der Waals surface area contributed by atoms with Crippen molar-refractivity contribution >= 4 is 5.91 Å². The molecular weight excluding hydrogens is 460 g/mol. The molecule has 196 valence electrons. The Morgan fingerprint density at radius 3 is 2.25 bits per heavy atom. The highest BCUT2D eigenvalue weighted by atomic mass is 16.5. The molecule has 2 saturated heterocycles. The molecule has 2 fully saturated rings. The maximum Gasteiger partial charge on any atom is 0.236 e. The number of carbonyl (C=O) groups is 1. The fourth-order valence-corrected chi connectivity index (χ4v) is 4.97. The molecule has 2 aliphatic heterocycles. The average molecular weight is 499 g/mol. The zero-order chi connectivity index (χ0) is 25.3. The molecule has 2 heterocycles. The number of hydrogen-bond acceptors (Lipinski definition) is 7. The van der Waals surface area contributed by atoms with Crippen molar-refractivity contribution in [3.05, 3.63) is 53.6 Å². The zero-order valence-electron chi connectivity index (χ0n) is 21.6. The van der Waals surface area contributed by atoms with Gasteiger partial charge in [-0.05, 0) is 42.0 Å². The van der Waals surface area contributed by atoms with E-state index in [9.17, 15) is 4.79 Å². The third-order valence-electron chi connectivity index (χ3n) is 6.88. The smallest absolute Gasteiger partial charge is 0.236 e. The second-order valence-corrected chi connectivity index (χ2v) is 9.48. The fourth-order valence-electron chi connectivity index (χ4n) is 4.97. The van der Waals surface area contributed by atoms with Crippen LogP contribution in [0.15, 0.2) is 42.5 Å². The maximum absolute atomic E-state index is 13.4. The van der Waals surface area contributed by atoms with Crippen LogP contribution in [0.4, 0.5) is 0 Å². The number of rotatable bonds is 10. The lowest BCUT2D eigenvalue weighted by atomic mass is 9.99. The van der Waals surface area contributed by atoms with Crippen molar-refractivity contribution in [3.8, 4) is 17.2 Å². The van der Waals surface area contributed by atoms with Gasteiger partial charge in [-0.3, -0.25) is 9.69 Å². The number of benzene rings is 2. The third kappa shape index (κ3) is 6.90. The Morgan fingerprint density at radius 1 is 0.917 bits per heavy atom. The van der Waals surface area contributed by atoms with Gasteiger partial charge in [0.1, 0.15) is 0 Å². The van der Waals surface area contributed by atoms with Gasteiger partial charge in [0.25, 0.3) is 0 Å². The molecule has 0 saturated carbocycles. The van der Waals surface area contributed by atoms with Gasteiger partial charge in [0, 0.05) is 39.4 Å². The average Bonchev–Trinajstić information content (AvgIpc) is 3.05. The van der Waals surface area contributed by atoms with Crippen molar-refractivity contribution in [2.24, 2.45) is 5.92 Å². The molecule has 2 aliphatic rings. The minimum Gasteiger partial charge on any atom is -0.493 e. The van der Waals surface area contributed by atoms with E-state index in [1.54, 1.807) is 21.3 Å². The molecule has 0 radical (unpaired) electrons. The highest BCUT2D eigenvalue weighted by Crippen LogP contribution is 2.38. The van der Waals surface area contributed by atoms with E-state index >= 15 is 0 Å². The van der Waals surface area contributed by atoms with Crippen molar-refractivity contribution in [1.82, 2.24) is 9.80 Å². The van der Waals surface area contributed by atoms with E-state index in [0.29, 0.717) is 56.0 Å². The van der Waals surface area contributed by atoms with Crippen molar-refractivity contribution < 1.29 is 28.5 Å². The standard InChI is InChI=1S/C28H38N2O6/c1-32-25-13-23(14-26(33-2)28(25)34-3)15-29-17-24(36-20-22-7-5-4-6-8-22)18-30(27(31)19-29)16-21-9-11-35-12-10-21/h4-8,13-14,21,24H,9-12,15-20H2,1-3H3. The topological polar surface area (TPSA) is 69.7 Å². The fraction of sp³-hybridized carbons (Fsp3) is 0.536. The van der Waals surface area contributed by atoms with Crippen LogP contribution in [0.2, 0.25) is 0 Å². The molecule has 1 unspecified atom stereocenters. The van der Waals surface area contributed by atoms with E-state index in [1.165, 1.54) is 0 Å². The summed E-state index contributed by atoms with van der Waals surface area (Å²) in [6.45, 7) is 4.97. The minimum absolute atomic E-state index is 0.0986. The number of hydrogen-bond donors (Lipinski definition) is 0. The summed E-state index contributed by atoms with van der Waals surface area (Å²) < 4.78 is 28.4. The van der Waals surface area contributed by atoms with Crippen LogP contribution in [0.5, 0.6) is 17.2 Å². The van der Waals surface area contributed by atoms with Gasteiger partial charge in [-0.25, -0.2) is 0 Å². The summed E-state index contributed by atoms with van der Waals surface area (Å²) in [5.41, 5.74) is 2.11. The highest BCUT2D eigenvalue weighted by Gasteiger charge is 2.31. The van der Waals surface area contributed by atoms with E-state index in [0.717, 1.165) is 43.7 Å². The number of ether oxygens (including phenoxy) is 5. The van der Waals surface area contributed by atoms with Crippen LogP contribution >= 0.6 is 0 Å². The first kappa shape index (κ1) is 26.3. The Bertz CT molecular complexity index is 954. The Kier molecular flexibility index (Phi) is 9.44. The van der Waals surface area contributed by atoms with Gasteiger partial charge in [-0.1, -0.05) is 30.3 Å². The first-order valence-corrected chi connectivity index (χ1v) is 12.6. The predicted molar refractivity (Wildman–Crippen MR) is 137 cm³/mol. The van der Waals surface area contributed by atoms with Gasteiger partial charge < -0.3 is 28.6 Å². The molecule has 4 rings (SSSR count). The van der Waals surface area contributed by atoms with Gasteiger partial charge in [-0.2, -0.15) is 0 Å². The maximum atomic E-state index is 13.4. The van der Waals surface area contributed by atoms with E-state index in [1.807, 2.05) is 35.2 Å². The number of carbonyl (C=O) groups excluding carboxylic acids is 1. The van der Waals surface area contributed by atoms with Crippen LogP contribution in [0, 0.1) is 5.92 Å². The predicted octanol–water partition coefficient (Wildman–Crippen LogP) is 3.37. The first-order valence-electron chi connectivity index (χ1n) is 12.6. The molecule has 0 aliphatic carbocycles. The summed E-state index contributed by atoms with van der Waals surface area (Å²) in [7, 11) is 4.81. The van der Waals surface area contributed by atoms with Gasteiger partial charge in [0.05, 0.1) is 40.6 Å². The summed E-state index contributed by atoms with van der Waals surface area (Å²) in [4.78, 5) is 17.5. The van der Waals surface area contributed by atoms with E-state index in [2.05, 4.69) is 17.0 Å². The van der Waals surface area contributed by atoms with Crippen LogP contribution < -0.4 is 14.2 Å². The van der Waals surface area contributed by atoms with Gasteiger partial charge in [0.2, 0.25) is 11.7 Å². The zero-order valence-corrected chi connectivity index (χ0v) is 21.6. The quantitative estimate of drug-likeness (QED) is 0.498. The van der Waals surface area contributed by atoms with Gasteiger partial charge >= 0.3 is 0 Å². The molecule has 0 bridgehead atoms. The second kappa shape index (κ2) is 12.9. The van der Waals surface area contributed by atoms with Gasteiger partial charge in [-0.15, -0.1) is 0 Å². The van der Waals surface area contributed by atoms with Crippen LogP contribution in [-0.2, 0) is 27.4 Å². The van der Waals surface area contributed by atoms with Crippen LogP contribution in [0.3, 0.4) is 0 Å². The molecule has 0 spiro atoms. The number of amides is 1. The molecule has 0 aromatic heterocycles. The summed E-state index contributed by atoms with van der Waals surface area (Å²) >= 11 is 0. The normalized spacial score (nSPS) is 19.7. The Balaban J connectivity index is 1.51. The van der Waals surface area contributed by atoms with Crippen molar-refractivity contribution in [2.75, 3.05) is 60.7 Å². The Labute approximate surface area is 214 Å². The lowest BCUT2D eigenvalue weighted by Crippen LogP contribution is -2.42. The Hall–Kier alpha value is -2.81. The second-order valence-electron chi connectivity index (χ2n) is 9.48. The van der Waals surface area contributed by atoms with Crippen LogP contribution in [0.1, 0.15) is 24.0 Å². The molecule has 36 heavy (non-hydrogen) atoms. The molecule has 1 atom stereocenters. The number of nitrogens with zero attached hydrogens (tertiary/aromatic N) is 2. The lowest BCUT2D eigenvalue weighted by molar-refractivity contribution is -0.133. The SMILES string of the molecule is COc1cc(CN2CC(=O)N(CC3CCOCC3)CC(OCc3ccccc3)C2)cc(OC)c1OC. The monoisotopic (exact) mass is 498 g/mol. The molecule has 0 N–H and O–H groups in total. The van der Waals surface area contributed by atoms with Crippen LogP contribution in [0.25, 0.3) is 0 Å². The molecule has 2 aromatic rings. The highest BCUT2D eigenvalue weighted by molar-refractivity contribution is 5.78. The van der Waals surface area contributed by atoms with Crippen LogP contribution in [-0.4, -0.2) is 82.5 Å². The molecule has 1 amide bonds. The van der Waals surface area contributed by atoms with E-state index in [-0.39, 0.29) is 12.0 Å². The largest absolute Gasteiger partial charge is 0.493 e. The Morgan fingerprint density at radius 2 is 1.61 bits per heavy atom. The summed E-state index contributed by atoms with van der Waals surface area (Å²) in [5, 5.41) is 0. The minimum atomic E-state index is -0.0986. The molecule has 2 aromatic carbocycles. The molecular formula is C28H38N2O6. The third-order valence-corrected chi connectivity index (χ3v) is 6.88. The summed E-state index contributed by atoms with van der Waals surface area (Å²) in [6.07, 6.45) is 1.89. The summed E-state index contributed by atoms with van der Waals surface area (Å²) in [5.74, 6) is 2.37. The van der Waals surface area contributed by atoms with Crippen molar-refractivity contribution in [1.29, 1.82) is 0 Å². The van der Waals surface area contributed by atoms with E-state index < -0.39 is 0 Å². The molecule has 8 nitrogen and oxygen atoms in total. The molecule has 8 heteroatoms. The number of methoxy groups -OCH3 is 3. The first-order chi connectivity index (χ1) is 17.6. The van der Waals surface area contributed by atoms with Gasteiger partial charge in [0.15, 0.2) is 11.5 Å². The van der Waals surface area contributed by atoms with Crippen molar-refractivity contribution in [3.63, 3.8) is 0 Å². The van der Waals surface area contributed by atoms with E-state index in [4.69, 9.17) is 23.7 Å². The summed E-state index contributed by atoms with van der Waals surface area (Å²) in [6, 6.07) is 14.0.